The van der Waals surface area contributed by atoms with Gasteiger partial charge in [0.2, 0.25) is 0 Å². The molecule has 0 saturated carbocycles. The molecule has 4 aromatic rings. The van der Waals surface area contributed by atoms with E-state index in [-0.39, 0.29) is 17.3 Å². The number of fused-ring (bicyclic) bond motifs is 1. The minimum absolute atomic E-state index is 0.0219. The Morgan fingerprint density at radius 2 is 2.03 bits per heavy atom. The summed E-state index contributed by atoms with van der Waals surface area (Å²) in [7, 11) is -2.35. The summed E-state index contributed by atoms with van der Waals surface area (Å²) in [4.78, 5) is 12.6. The van der Waals surface area contributed by atoms with E-state index < -0.39 is 15.9 Å². The van der Waals surface area contributed by atoms with Crippen LogP contribution in [-0.2, 0) is 14.3 Å². The first-order chi connectivity index (χ1) is 17.8. The number of aryl methyl sites for hydroxylation is 1. The Hall–Kier alpha value is -3.98. The van der Waals surface area contributed by atoms with Crippen LogP contribution in [0.4, 0.5) is 5.82 Å². The fourth-order valence-corrected chi connectivity index (χ4v) is 5.14. The number of benzene rings is 2. The van der Waals surface area contributed by atoms with Crippen molar-refractivity contribution in [3.05, 3.63) is 65.1 Å². The van der Waals surface area contributed by atoms with E-state index in [4.69, 9.17) is 8.92 Å². The number of aromatic hydroxyl groups is 1. The van der Waals surface area contributed by atoms with Gasteiger partial charge in [-0.15, -0.1) is 11.3 Å². The third-order valence-electron chi connectivity index (χ3n) is 5.02. The van der Waals surface area contributed by atoms with Gasteiger partial charge in [-0.25, -0.2) is 15.0 Å². The van der Waals surface area contributed by atoms with E-state index >= 15 is 0 Å². The van der Waals surface area contributed by atoms with E-state index in [9.17, 15) is 13.5 Å². The number of hydrogen-bond donors (Lipinski definition) is 2. The lowest BCUT2D eigenvalue weighted by Crippen LogP contribution is -2.08. The Kier molecular flexibility index (Phi) is 8.03. The van der Waals surface area contributed by atoms with E-state index in [1.165, 1.54) is 17.4 Å². The van der Waals surface area contributed by atoms with Gasteiger partial charge in [0, 0.05) is 13.1 Å². The zero-order chi connectivity index (χ0) is 26.4. The molecule has 2 N–H and O–H groups in total. The highest BCUT2D eigenvalue weighted by molar-refractivity contribution is 7.86. The van der Waals surface area contributed by atoms with E-state index in [2.05, 4.69) is 32.1 Å². The minimum atomic E-state index is -4.11. The Bertz CT molecular complexity index is 1620. The highest BCUT2D eigenvalue weighted by Gasteiger charge is 2.24. The van der Waals surface area contributed by atoms with Crippen molar-refractivity contribution in [3.63, 3.8) is 0 Å². The number of aromatic nitrogens is 3. The number of thiazole rings is 1. The van der Waals surface area contributed by atoms with E-state index in [1.807, 2.05) is 0 Å². The summed E-state index contributed by atoms with van der Waals surface area (Å²) >= 11 is 1.44. The molecule has 2 aromatic heterocycles. The molecule has 0 amide bonds. The Labute approximate surface area is 219 Å². The van der Waals surface area contributed by atoms with Crippen LogP contribution in [0.25, 0.3) is 16.3 Å². The smallest absolute Gasteiger partial charge is 0.300 e. The van der Waals surface area contributed by atoms with Crippen molar-refractivity contribution < 1.29 is 22.4 Å². The maximum atomic E-state index is 12.5. The number of anilines is 1. The molecule has 0 aliphatic carbocycles. The summed E-state index contributed by atoms with van der Waals surface area (Å²) in [5.41, 5.74) is 1.90. The molecule has 0 spiro atoms. The van der Waals surface area contributed by atoms with Crippen LogP contribution in [0.2, 0.25) is 0 Å². The maximum Gasteiger partial charge on any atom is 0.300 e. The van der Waals surface area contributed by atoms with Crippen molar-refractivity contribution in [1.82, 2.24) is 15.0 Å². The maximum absolute atomic E-state index is 12.5. The van der Waals surface area contributed by atoms with Gasteiger partial charge in [0.15, 0.2) is 11.5 Å². The fraction of sp³-hybridized carbons (Fsp3) is 0.192. The van der Waals surface area contributed by atoms with E-state index in [0.717, 1.165) is 15.2 Å². The molecule has 0 atom stereocenters. The molecule has 2 aromatic carbocycles. The second-order valence-electron chi connectivity index (χ2n) is 7.76. The SMILES string of the molecule is CCCOS(=O)(=O)c1ccc(C)c(Oc2ccc3nc(/C=C/C#Cc4cnc(NC)cn4)sc3c2)c1O. The monoisotopic (exact) mass is 536 g/mol. The van der Waals surface area contributed by atoms with Crippen molar-refractivity contribution in [2.24, 2.45) is 0 Å². The molecule has 2 heterocycles. The quantitative estimate of drug-likeness (QED) is 0.233. The largest absolute Gasteiger partial charge is 0.503 e. The number of phenolic OH excluding ortho intramolecular Hbond substituents is 1. The Morgan fingerprint density at radius 3 is 2.76 bits per heavy atom. The van der Waals surface area contributed by atoms with Gasteiger partial charge in [-0.1, -0.05) is 18.9 Å². The van der Waals surface area contributed by atoms with Crippen LogP contribution in [0.1, 0.15) is 29.6 Å². The van der Waals surface area contributed by atoms with Crippen LogP contribution in [0.5, 0.6) is 17.2 Å². The second-order valence-corrected chi connectivity index (χ2v) is 10.4. The van der Waals surface area contributed by atoms with Gasteiger partial charge in [0.25, 0.3) is 0 Å². The van der Waals surface area contributed by atoms with Crippen LogP contribution in [0.3, 0.4) is 0 Å². The molecule has 0 unspecified atom stereocenters. The number of ether oxygens (including phenoxy) is 1. The molecular weight excluding hydrogens is 512 g/mol. The molecule has 0 radical (unpaired) electrons. The van der Waals surface area contributed by atoms with E-state index in [1.54, 1.807) is 69.7 Å². The highest BCUT2D eigenvalue weighted by Crippen LogP contribution is 2.40. The second kappa shape index (κ2) is 11.4. The summed E-state index contributed by atoms with van der Waals surface area (Å²) < 4.78 is 36.6. The minimum Gasteiger partial charge on any atom is -0.503 e. The van der Waals surface area contributed by atoms with Gasteiger partial charge in [-0.05, 0) is 55.2 Å². The highest BCUT2D eigenvalue weighted by atomic mass is 32.2. The molecule has 0 fully saturated rings. The van der Waals surface area contributed by atoms with Crippen molar-refractivity contribution in [1.29, 1.82) is 0 Å². The predicted octanol–water partition coefficient (Wildman–Crippen LogP) is 5.11. The summed E-state index contributed by atoms with van der Waals surface area (Å²) in [6.07, 6.45) is 7.21. The summed E-state index contributed by atoms with van der Waals surface area (Å²) in [5.74, 6) is 6.49. The van der Waals surface area contributed by atoms with Crippen LogP contribution in [-0.4, -0.2) is 42.1 Å². The fourth-order valence-electron chi connectivity index (χ4n) is 3.17. The molecule has 37 heavy (non-hydrogen) atoms. The van der Waals surface area contributed by atoms with Gasteiger partial charge in [0.1, 0.15) is 27.2 Å². The lowest BCUT2D eigenvalue weighted by Gasteiger charge is -2.14. The van der Waals surface area contributed by atoms with Crippen LogP contribution in [0, 0.1) is 18.8 Å². The average Bonchev–Trinajstić information content (AvgIpc) is 3.30. The van der Waals surface area contributed by atoms with Crippen LogP contribution in [0.15, 0.2) is 53.7 Å². The predicted molar refractivity (Wildman–Crippen MR) is 143 cm³/mol. The molecule has 4 rings (SSSR count). The standard InChI is InChI=1S/C26H24N4O5S2/c1-4-13-34-37(32,33)22-12-9-17(2)26(25(22)31)35-19-10-11-20-21(14-19)36-24(30-20)8-6-5-7-18-15-29-23(27-3)16-28-18/h6,8-12,14-16,31H,4,13H2,1-3H3,(H,27,29)/b8-6+. The topological polar surface area (TPSA) is 124 Å². The van der Waals surface area contributed by atoms with Gasteiger partial charge < -0.3 is 15.2 Å². The summed E-state index contributed by atoms with van der Waals surface area (Å²) in [6.45, 7) is 3.53. The number of nitrogens with zero attached hydrogens (tertiary/aromatic N) is 3. The number of nitrogens with one attached hydrogen (secondary N) is 1. The first kappa shape index (κ1) is 26.1. The molecule has 0 aliphatic heterocycles. The van der Waals surface area contributed by atoms with Crippen LogP contribution >= 0.6 is 11.3 Å². The number of allylic oxidation sites excluding steroid dienone is 1. The lowest BCUT2D eigenvalue weighted by atomic mass is 10.2. The molecule has 0 saturated heterocycles. The Morgan fingerprint density at radius 1 is 1.19 bits per heavy atom. The molecule has 9 nitrogen and oxygen atoms in total. The molecular formula is C26H24N4O5S2. The molecule has 11 heteroatoms. The van der Waals surface area contributed by atoms with Gasteiger partial charge in [-0.3, -0.25) is 4.18 Å². The molecule has 190 valence electrons. The van der Waals surface area contributed by atoms with E-state index in [0.29, 0.717) is 29.2 Å². The van der Waals surface area contributed by atoms with Crippen molar-refractivity contribution in [3.8, 4) is 29.1 Å². The summed E-state index contributed by atoms with van der Waals surface area (Å²) in [6, 6.07) is 8.15. The molecule has 0 aliphatic rings. The molecule has 0 bridgehead atoms. The summed E-state index contributed by atoms with van der Waals surface area (Å²) in [5, 5.41) is 14.3. The van der Waals surface area contributed by atoms with Gasteiger partial charge >= 0.3 is 10.1 Å². The zero-order valence-corrected chi connectivity index (χ0v) is 22.0. The third kappa shape index (κ3) is 6.24. The first-order valence-electron chi connectivity index (χ1n) is 11.3. The number of rotatable bonds is 8. The first-order valence-corrected chi connectivity index (χ1v) is 13.5. The lowest BCUT2D eigenvalue weighted by molar-refractivity contribution is 0.314. The average molecular weight is 537 g/mol. The van der Waals surface area contributed by atoms with Gasteiger partial charge in [-0.2, -0.15) is 8.42 Å². The van der Waals surface area contributed by atoms with Crippen LogP contribution < -0.4 is 10.1 Å². The van der Waals surface area contributed by atoms with Crippen molar-refractivity contribution >= 4 is 43.6 Å². The number of phenols is 1. The Balaban J connectivity index is 1.53. The van der Waals surface area contributed by atoms with Crippen molar-refractivity contribution in [2.45, 2.75) is 25.2 Å². The number of hydrogen-bond acceptors (Lipinski definition) is 10. The normalized spacial score (nSPS) is 11.4. The third-order valence-corrected chi connectivity index (χ3v) is 7.35. The zero-order valence-electron chi connectivity index (χ0n) is 20.3. The van der Waals surface area contributed by atoms with Gasteiger partial charge in [0.05, 0.1) is 29.2 Å². The van der Waals surface area contributed by atoms with Crippen molar-refractivity contribution in [2.75, 3.05) is 19.0 Å².